The summed E-state index contributed by atoms with van der Waals surface area (Å²) < 4.78 is 28.7. The Hall–Kier alpha value is -2.35. The lowest BCUT2D eigenvalue weighted by molar-refractivity contribution is 0.0943. The van der Waals surface area contributed by atoms with Gasteiger partial charge in [0.2, 0.25) is 10.0 Å². The van der Waals surface area contributed by atoms with Crippen LogP contribution in [0.3, 0.4) is 0 Å². The first-order chi connectivity index (χ1) is 13.8. The number of halogens is 1. The van der Waals surface area contributed by atoms with E-state index in [9.17, 15) is 13.2 Å². The Morgan fingerprint density at radius 2 is 1.79 bits per heavy atom. The summed E-state index contributed by atoms with van der Waals surface area (Å²) in [6, 6.07) is 14.0. The van der Waals surface area contributed by atoms with Crippen LogP contribution >= 0.6 is 11.6 Å². The van der Waals surface area contributed by atoms with Gasteiger partial charge in [0.25, 0.3) is 5.91 Å². The Morgan fingerprint density at radius 3 is 2.45 bits per heavy atom. The van der Waals surface area contributed by atoms with Crippen molar-refractivity contribution in [1.82, 2.24) is 14.2 Å². The van der Waals surface area contributed by atoms with Crippen LogP contribution in [0.25, 0.3) is 10.9 Å². The van der Waals surface area contributed by atoms with Crippen LogP contribution in [0.2, 0.25) is 5.02 Å². The second kappa shape index (κ2) is 8.57. The molecule has 0 saturated heterocycles. The van der Waals surface area contributed by atoms with Gasteiger partial charge in [0.05, 0.1) is 4.90 Å². The van der Waals surface area contributed by atoms with Crippen LogP contribution in [-0.4, -0.2) is 36.3 Å². The zero-order valence-electron chi connectivity index (χ0n) is 16.6. The third-order valence-electron chi connectivity index (χ3n) is 4.99. The minimum atomic E-state index is -3.56. The molecular formula is C21H24ClN3O3S. The summed E-state index contributed by atoms with van der Waals surface area (Å²) in [6.45, 7) is 4.73. The molecule has 3 rings (SSSR count). The van der Waals surface area contributed by atoms with Gasteiger partial charge in [0.1, 0.15) is 5.69 Å². The van der Waals surface area contributed by atoms with Crippen LogP contribution < -0.4 is 5.32 Å². The molecule has 1 amide bonds. The number of fused-ring (bicyclic) bond motifs is 1. The predicted octanol–water partition coefficient (Wildman–Crippen LogP) is 3.79. The standard InChI is InChI=1S/C21H24ClN3O3S/c1-4-25(5-2)29(27,28)17-10-11-19-16(12-17)13-20(24(19)3)21(26)23-14-15-8-6-7-9-18(15)22/h6-13H,4-5,14H2,1-3H3,(H,23,26). The molecular weight excluding hydrogens is 410 g/mol. The van der Waals surface area contributed by atoms with E-state index in [4.69, 9.17) is 11.6 Å². The first kappa shape index (κ1) is 21.4. The summed E-state index contributed by atoms with van der Waals surface area (Å²) in [5.41, 5.74) is 2.06. The normalized spacial score (nSPS) is 11.9. The zero-order chi connectivity index (χ0) is 21.2. The molecule has 1 N–H and O–H groups in total. The van der Waals surface area contributed by atoms with Crippen molar-refractivity contribution in [3.05, 3.63) is 64.8 Å². The van der Waals surface area contributed by atoms with E-state index in [-0.39, 0.29) is 10.8 Å². The van der Waals surface area contributed by atoms with E-state index >= 15 is 0 Å². The molecule has 0 aliphatic rings. The average Bonchev–Trinajstić information content (AvgIpc) is 3.04. The molecule has 0 spiro atoms. The second-order valence-electron chi connectivity index (χ2n) is 6.67. The second-order valence-corrected chi connectivity index (χ2v) is 9.02. The van der Waals surface area contributed by atoms with Gasteiger partial charge in [-0.3, -0.25) is 4.79 Å². The maximum Gasteiger partial charge on any atom is 0.268 e. The summed E-state index contributed by atoms with van der Waals surface area (Å²) in [5.74, 6) is -0.253. The summed E-state index contributed by atoms with van der Waals surface area (Å²) in [6.07, 6.45) is 0. The van der Waals surface area contributed by atoms with Crippen molar-refractivity contribution < 1.29 is 13.2 Å². The molecule has 6 nitrogen and oxygen atoms in total. The maximum atomic E-state index is 12.8. The van der Waals surface area contributed by atoms with E-state index in [1.807, 2.05) is 32.0 Å². The molecule has 0 aliphatic heterocycles. The first-order valence-electron chi connectivity index (χ1n) is 9.40. The zero-order valence-corrected chi connectivity index (χ0v) is 18.2. The number of benzene rings is 2. The topological polar surface area (TPSA) is 71.4 Å². The number of rotatable bonds is 7. The molecule has 0 bridgehead atoms. The van der Waals surface area contributed by atoms with Gasteiger partial charge in [-0.05, 0) is 35.9 Å². The Morgan fingerprint density at radius 1 is 1.10 bits per heavy atom. The van der Waals surface area contributed by atoms with Crippen molar-refractivity contribution in [3.8, 4) is 0 Å². The number of aryl methyl sites for hydroxylation is 1. The lowest BCUT2D eigenvalue weighted by Crippen LogP contribution is -2.30. The van der Waals surface area contributed by atoms with Gasteiger partial charge in [-0.1, -0.05) is 43.6 Å². The molecule has 154 valence electrons. The van der Waals surface area contributed by atoms with Crippen molar-refractivity contribution in [3.63, 3.8) is 0 Å². The van der Waals surface area contributed by atoms with Crippen molar-refractivity contribution in [2.75, 3.05) is 13.1 Å². The summed E-state index contributed by atoms with van der Waals surface area (Å²) in [7, 11) is -1.78. The van der Waals surface area contributed by atoms with Gasteiger partial charge in [0.15, 0.2) is 0 Å². The number of amides is 1. The van der Waals surface area contributed by atoms with E-state index in [1.54, 1.807) is 41.9 Å². The van der Waals surface area contributed by atoms with Crippen LogP contribution in [0.15, 0.2) is 53.4 Å². The summed E-state index contributed by atoms with van der Waals surface area (Å²) in [4.78, 5) is 12.9. The van der Waals surface area contributed by atoms with Crippen molar-refractivity contribution in [1.29, 1.82) is 0 Å². The third-order valence-corrected chi connectivity index (χ3v) is 7.40. The maximum absolute atomic E-state index is 12.8. The first-order valence-corrected chi connectivity index (χ1v) is 11.2. The number of aromatic nitrogens is 1. The van der Waals surface area contributed by atoms with Crippen molar-refractivity contribution in [2.45, 2.75) is 25.3 Å². The highest BCUT2D eigenvalue weighted by Crippen LogP contribution is 2.25. The minimum absolute atomic E-state index is 0.224. The van der Waals surface area contributed by atoms with Crippen LogP contribution in [0.5, 0.6) is 0 Å². The van der Waals surface area contributed by atoms with Gasteiger partial charge in [-0.15, -0.1) is 0 Å². The van der Waals surface area contributed by atoms with Crippen LogP contribution in [-0.2, 0) is 23.6 Å². The quantitative estimate of drug-likeness (QED) is 0.616. The smallest absolute Gasteiger partial charge is 0.268 e. The SMILES string of the molecule is CCN(CC)S(=O)(=O)c1ccc2c(c1)cc(C(=O)NCc1ccccc1Cl)n2C. The number of nitrogens with one attached hydrogen (secondary N) is 1. The van der Waals surface area contributed by atoms with Crippen molar-refractivity contribution >= 4 is 38.4 Å². The molecule has 1 heterocycles. The fourth-order valence-electron chi connectivity index (χ4n) is 3.33. The highest BCUT2D eigenvalue weighted by atomic mass is 35.5. The summed E-state index contributed by atoms with van der Waals surface area (Å²) >= 11 is 6.14. The third kappa shape index (κ3) is 4.17. The fourth-order valence-corrected chi connectivity index (χ4v) is 5.02. The Bertz CT molecular complexity index is 1150. The molecule has 3 aromatic rings. The minimum Gasteiger partial charge on any atom is -0.347 e. The molecule has 0 saturated carbocycles. The molecule has 0 unspecified atom stereocenters. The number of carbonyl (C=O) groups excluding carboxylic acids is 1. The van der Waals surface area contributed by atoms with E-state index in [0.29, 0.717) is 35.7 Å². The van der Waals surface area contributed by atoms with Gasteiger partial charge in [-0.25, -0.2) is 8.42 Å². The summed E-state index contributed by atoms with van der Waals surface area (Å²) in [5, 5.41) is 4.16. The molecule has 0 radical (unpaired) electrons. The molecule has 8 heteroatoms. The average molecular weight is 434 g/mol. The monoisotopic (exact) mass is 433 g/mol. The molecule has 2 aromatic carbocycles. The molecule has 0 atom stereocenters. The number of hydrogen-bond donors (Lipinski definition) is 1. The Labute approximate surface area is 176 Å². The Kier molecular flexibility index (Phi) is 6.31. The van der Waals surface area contributed by atoms with E-state index in [0.717, 1.165) is 11.1 Å². The lowest BCUT2D eigenvalue weighted by atomic mass is 10.2. The van der Waals surface area contributed by atoms with Gasteiger partial charge in [-0.2, -0.15) is 4.31 Å². The van der Waals surface area contributed by atoms with Crippen molar-refractivity contribution in [2.24, 2.45) is 7.05 Å². The highest BCUT2D eigenvalue weighted by molar-refractivity contribution is 7.89. The number of nitrogens with zero attached hydrogens (tertiary/aromatic N) is 2. The fraction of sp³-hybridized carbons (Fsp3) is 0.286. The van der Waals surface area contributed by atoms with Gasteiger partial charge in [0, 0.05) is 42.6 Å². The molecule has 29 heavy (non-hydrogen) atoms. The largest absolute Gasteiger partial charge is 0.347 e. The van der Waals surface area contributed by atoms with E-state index in [2.05, 4.69) is 5.32 Å². The van der Waals surface area contributed by atoms with Crippen LogP contribution in [0.4, 0.5) is 0 Å². The molecule has 0 aliphatic carbocycles. The molecule has 0 fully saturated rings. The predicted molar refractivity (Wildman–Crippen MR) is 116 cm³/mol. The number of carbonyl (C=O) groups is 1. The van der Waals surface area contributed by atoms with E-state index < -0.39 is 10.0 Å². The van der Waals surface area contributed by atoms with Gasteiger partial charge < -0.3 is 9.88 Å². The van der Waals surface area contributed by atoms with E-state index in [1.165, 1.54) is 4.31 Å². The van der Waals surface area contributed by atoms with Crippen LogP contribution in [0.1, 0.15) is 29.9 Å². The van der Waals surface area contributed by atoms with Gasteiger partial charge >= 0.3 is 0 Å². The number of sulfonamides is 1. The highest BCUT2D eigenvalue weighted by Gasteiger charge is 2.23. The lowest BCUT2D eigenvalue weighted by Gasteiger charge is -2.18. The molecule has 1 aromatic heterocycles. The van der Waals surface area contributed by atoms with Crippen LogP contribution in [0, 0.1) is 0 Å². The number of hydrogen-bond acceptors (Lipinski definition) is 3. The Balaban J connectivity index is 1.89.